The fourth-order valence-corrected chi connectivity index (χ4v) is 3.43. The summed E-state index contributed by atoms with van der Waals surface area (Å²) in [6.45, 7) is 0.0620. The largest absolute Gasteiger partial charge is 0.497 e. The Labute approximate surface area is 185 Å². The lowest BCUT2D eigenvalue weighted by molar-refractivity contribution is -0.171. The Hall–Kier alpha value is -3.79. The molecule has 0 bridgehead atoms. The number of methoxy groups -OCH3 is 2. The van der Waals surface area contributed by atoms with E-state index in [1.807, 2.05) is 30.3 Å². The Morgan fingerprint density at radius 2 is 1.84 bits per heavy atom. The van der Waals surface area contributed by atoms with E-state index in [0.29, 0.717) is 17.1 Å². The van der Waals surface area contributed by atoms with Crippen molar-refractivity contribution in [2.45, 2.75) is 19.2 Å². The fourth-order valence-electron chi connectivity index (χ4n) is 3.43. The number of hydroxylamine groups is 1. The molecular formula is C22H25N3O7. The number of carbonyl (C=O) groups excluding carboxylic acids is 3. The summed E-state index contributed by atoms with van der Waals surface area (Å²) in [7, 11) is 3.04. The maximum atomic E-state index is 12.8. The van der Waals surface area contributed by atoms with Crippen molar-refractivity contribution in [1.82, 2.24) is 10.4 Å². The maximum absolute atomic E-state index is 12.8. The lowest BCUT2D eigenvalue weighted by atomic mass is 9.86. The zero-order valence-electron chi connectivity index (χ0n) is 17.8. The number of ether oxygens (including phenoxy) is 3. The van der Waals surface area contributed by atoms with Gasteiger partial charge in [0.05, 0.1) is 26.9 Å². The van der Waals surface area contributed by atoms with Gasteiger partial charge in [0, 0.05) is 18.2 Å². The number of hydrogen-bond acceptors (Lipinski definition) is 7. The van der Waals surface area contributed by atoms with Gasteiger partial charge in [0.1, 0.15) is 24.0 Å². The van der Waals surface area contributed by atoms with E-state index in [-0.39, 0.29) is 19.8 Å². The number of amides is 3. The van der Waals surface area contributed by atoms with Crippen LogP contribution in [0.3, 0.4) is 0 Å². The topological polar surface area (TPSA) is 129 Å². The highest BCUT2D eigenvalue weighted by Gasteiger charge is 2.52. The first kappa shape index (κ1) is 22.9. The third-order valence-electron chi connectivity index (χ3n) is 5.10. The molecule has 3 rings (SSSR count). The highest BCUT2D eigenvalue weighted by Crippen LogP contribution is 2.33. The molecule has 0 radical (unpaired) electrons. The minimum atomic E-state index is -1.07. The number of nitrogens with one attached hydrogen (secondary N) is 1. The number of hydrogen-bond donors (Lipinski definition) is 2. The first-order valence-corrected chi connectivity index (χ1v) is 9.83. The first-order valence-electron chi connectivity index (χ1n) is 9.83. The molecule has 2 aromatic rings. The maximum Gasteiger partial charge on any atom is 0.404 e. The van der Waals surface area contributed by atoms with Crippen LogP contribution in [0.4, 0.5) is 4.79 Å². The summed E-state index contributed by atoms with van der Waals surface area (Å²) in [5, 5.41) is 0. The normalized spacial score (nSPS) is 17.3. The molecule has 32 heavy (non-hydrogen) atoms. The van der Waals surface area contributed by atoms with Gasteiger partial charge in [-0.1, -0.05) is 30.3 Å². The Bertz CT molecular complexity index is 967. The van der Waals surface area contributed by atoms with Crippen molar-refractivity contribution in [2.75, 3.05) is 20.8 Å². The molecule has 0 unspecified atom stereocenters. The molecule has 10 nitrogen and oxygen atoms in total. The molecule has 2 atom stereocenters. The monoisotopic (exact) mass is 443 g/mol. The Morgan fingerprint density at radius 3 is 2.50 bits per heavy atom. The van der Waals surface area contributed by atoms with Gasteiger partial charge in [-0.05, 0) is 17.7 Å². The van der Waals surface area contributed by atoms with Gasteiger partial charge in [-0.15, -0.1) is 0 Å². The molecule has 0 aromatic heterocycles. The second-order valence-corrected chi connectivity index (χ2v) is 7.06. The van der Waals surface area contributed by atoms with Crippen LogP contribution in [0.25, 0.3) is 0 Å². The highest BCUT2D eigenvalue weighted by molar-refractivity contribution is 6.05. The summed E-state index contributed by atoms with van der Waals surface area (Å²) < 4.78 is 15.4. The molecule has 1 saturated heterocycles. The van der Waals surface area contributed by atoms with Crippen molar-refractivity contribution in [1.29, 1.82) is 0 Å². The molecule has 170 valence electrons. The molecular weight excluding hydrogens is 418 g/mol. The molecule has 1 fully saturated rings. The average molecular weight is 443 g/mol. The number of likely N-dealkylation sites (tertiary alicyclic amines) is 1. The molecule has 3 amide bonds. The number of primary amides is 1. The van der Waals surface area contributed by atoms with E-state index in [0.717, 1.165) is 5.56 Å². The van der Waals surface area contributed by atoms with Crippen LogP contribution in [-0.2, 0) is 32.3 Å². The van der Waals surface area contributed by atoms with Crippen molar-refractivity contribution in [2.24, 2.45) is 11.7 Å². The smallest absolute Gasteiger partial charge is 0.404 e. The molecule has 1 aliphatic rings. The van der Waals surface area contributed by atoms with Crippen molar-refractivity contribution < 1.29 is 33.4 Å². The number of β-lactam (4-membered cyclic amide) rings is 1. The summed E-state index contributed by atoms with van der Waals surface area (Å²) in [6, 6.07) is 13.7. The predicted molar refractivity (Wildman–Crippen MR) is 112 cm³/mol. The van der Waals surface area contributed by atoms with E-state index in [9.17, 15) is 14.4 Å². The Balaban J connectivity index is 1.67. The average Bonchev–Trinajstić information content (AvgIpc) is 2.80. The minimum Gasteiger partial charge on any atom is -0.497 e. The molecule has 3 N–H and O–H groups in total. The van der Waals surface area contributed by atoms with Gasteiger partial charge in [-0.2, -0.15) is 0 Å². The summed E-state index contributed by atoms with van der Waals surface area (Å²) in [5.74, 6) is -1.01. The van der Waals surface area contributed by atoms with Crippen LogP contribution in [0.5, 0.6) is 11.5 Å². The van der Waals surface area contributed by atoms with E-state index in [1.54, 1.807) is 18.2 Å². The van der Waals surface area contributed by atoms with E-state index in [1.165, 1.54) is 19.1 Å². The predicted octanol–water partition coefficient (Wildman–Crippen LogP) is 1.37. The molecule has 2 aromatic carbocycles. The molecule has 0 aliphatic carbocycles. The zero-order chi connectivity index (χ0) is 23.1. The van der Waals surface area contributed by atoms with Gasteiger partial charge in [-0.3, -0.25) is 14.4 Å². The summed E-state index contributed by atoms with van der Waals surface area (Å²) in [4.78, 5) is 43.1. The van der Waals surface area contributed by atoms with Crippen LogP contribution in [-0.4, -0.2) is 49.7 Å². The van der Waals surface area contributed by atoms with Gasteiger partial charge >= 0.3 is 6.09 Å². The third-order valence-corrected chi connectivity index (χ3v) is 5.10. The number of nitrogens with two attached hydrogens (primary N) is 1. The molecule has 1 heterocycles. The van der Waals surface area contributed by atoms with Gasteiger partial charge < -0.3 is 24.8 Å². The summed E-state index contributed by atoms with van der Waals surface area (Å²) >= 11 is 0. The molecule has 1 aliphatic heterocycles. The van der Waals surface area contributed by atoms with Gasteiger partial charge in [0.25, 0.3) is 5.91 Å². The third kappa shape index (κ3) is 5.27. The van der Waals surface area contributed by atoms with Gasteiger partial charge in [0.15, 0.2) is 0 Å². The van der Waals surface area contributed by atoms with Crippen molar-refractivity contribution in [3.05, 3.63) is 59.7 Å². The minimum absolute atomic E-state index is 0.142. The van der Waals surface area contributed by atoms with Gasteiger partial charge in [-0.25, -0.2) is 10.3 Å². The van der Waals surface area contributed by atoms with E-state index >= 15 is 0 Å². The van der Waals surface area contributed by atoms with E-state index in [2.05, 4.69) is 5.48 Å². The molecule has 0 spiro atoms. The lowest BCUT2D eigenvalue weighted by Gasteiger charge is -2.45. The van der Waals surface area contributed by atoms with Gasteiger partial charge in [0.2, 0.25) is 5.91 Å². The van der Waals surface area contributed by atoms with Crippen LogP contribution < -0.4 is 20.7 Å². The van der Waals surface area contributed by atoms with Crippen LogP contribution in [0.1, 0.15) is 11.1 Å². The second kappa shape index (κ2) is 10.5. The molecule has 10 heteroatoms. The number of nitrogens with zero attached hydrogens (tertiary/aromatic N) is 1. The number of benzene rings is 2. The second-order valence-electron chi connectivity index (χ2n) is 7.06. The summed E-state index contributed by atoms with van der Waals surface area (Å²) in [6.07, 6.45) is -0.995. The lowest BCUT2D eigenvalue weighted by Crippen LogP contribution is -2.66. The van der Waals surface area contributed by atoms with Crippen LogP contribution in [0, 0.1) is 5.92 Å². The van der Waals surface area contributed by atoms with Crippen molar-refractivity contribution >= 4 is 17.9 Å². The highest BCUT2D eigenvalue weighted by atomic mass is 16.7. The van der Waals surface area contributed by atoms with Crippen molar-refractivity contribution in [3.8, 4) is 11.5 Å². The number of rotatable bonds is 10. The van der Waals surface area contributed by atoms with Crippen molar-refractivity contribution in [3.63, 3.8) is 0 Å². The number of carbonyl (C=O) groups is 3. The summed E-state index contributed by atoms with van der Waals surface area (Å²) in [5.41, 5.74) is 8.93. The molecule has 0 saturated carbocycles. The van der Waals surface area contributed by atoms with Crippen LogP contribution in [0.2, 0.25) is 0 Å². The Kier molecular flexibility index (Phi) is 7.50. The SMILES string of the molecule is COc1ccc(CN2C(=O)[C@@H](C(=O)NOCc3ccccc3)[C@H]2COC(N)=O)c(OC)c1. The van der Waals surface area contributed by atoms with Crippen LogP contribution in [0.15, 0.2) is 48.5 Å². The quantitative estimate of drug-likeness (QED) is 0.322. The zero-order valence-corrected chi connectivity index (χ0v) is 17.8. The van der Waals surface area contributed by atoms with Crippen LogP contribution >= 0.6 is 0 Å². The van der Waals surface area contributed by atoms with E-state index < -0.39 is 29.9 Å². The Morgan fingerprint density at radius 1 is 1.09 bits per heavy atom. The standard InChI is InChI=1S/C22H25N3O7/c1-29-16-9-8-15(18(10-16)30-2)11-25-17(13-31-22(23)28)19(21(25)27)20(26)24-32-12-14-6-4-3-5-7-14/h3-10,17,19H,11-13H2,1-2H3,(H2,23,28)(H,24,26)/t17-,19-/m1/s1. The first-order chi connectivity index (χ1) is 15.4. The fraction of sp³-hybridized carbons (Fsp3) is 0.318. The van der Waals surface area contributed by atoms with E-state index in [4.69, 9.17) is 24.8 Å².